The summed E-state index contributed by atoms with van der Waals surface area (Å²) in [6.07, 6.45) is 3.80. The Bertz CT molecular complexity index is 41.7. The van der Waals surface area contributed by atoms with Crippen LogP contribution in [0, 0.1) is 5.92 Å². The van der Waals surface area contributed by atoms with E-state index in [1.165, 1.54) is 19.3 Å². The first kappa shape index (κ1) is 8.29. The van der Waals surface area contributed by atoms with Gasteiger partial charge in [-0.05, 0) is 12.3 Å². The third kappa shape index (κ3) is 6.29. The maximum Gasteiger partial charge on any atom is 0.0223 e. The molecule has 0 amide bonds. The maximum absolute atomic E-state index is 5.48. The Kier molecular flexibility index (Phi) is 5.62. The van der Waals surface area contributed by atoms with Crippen molar-refractivity contribution in [2.45, 2.75) is 33.1 Å². The van der Waals surface area contributed by atoms with E-state index >= 15 is 0 Å². The molecule has 0 rings (SSSR count). The third-order valence-corrected chi connectivity index (χ3v) is 1.43. The first-order valence-electron chi connectivity index (χ1n) is 3.33. The van der Waals surface area contributed by atoms with Gasteiger partial charge < -0.3 is 0 Å². The van der Waals surface area contributed by atoms with E-state index in [-0.39, 0.29) is 0 Å². The van der Waals surface area contributed by atoms with E-state index in [0.29, 0.717) is 0 Å². The Morgan fingerprint density at radius 2 is 1.88 bits per heavy atom. The van der Waals surface area contributed by atoms with Crippen molar-refractivity contribution in [1.82, 2.24) is 0 Å². The van der Waals surface area contributed by atoms with Gasteiger partial charge in [-0.15, -0.1) is 11.6 Å². The van der Waals surface area contributed by atoms with Crippen LogP contribution in [0.1, 0.15) is 33.1 Å². The van der Waals surface area contributed by atoms with Gasteiger partial charge in [-0.1, -0.05) is 26.7 Å². The van der Waals surface area contributed by atoms with Gasteiger partial charge in [-0.2, -0.15) is 0 Å². The lowest BCUT2D eigenvalue weighted by Gasteiger charge is -2.00. The second-order valence-electron chi connectivity index (χ2n) is 2.58. The van der Waals surface area contributed by atoms with E-state index in [2.05, 4.69) is 13.8 Å². The quantitative estimate of drug-likeness (QED) is 0.410. The molecule has 0 atom stereocenters. The van der Waals surface area contributed by atoms with Crippen LogP contribution in [0.3, 0.4) is 0 Å². The lowest BCUT2D eigenvalue weighted by Crippen LogP contribution is -1.86. The summed E-state index contributed by atoms with van der Waals surface area (Å²) in [6, 6.07) is 0. The number of halogens is 1. The van der Waals surface area contributed by atoms with E-state index in [0.717, 1.165) is 11.8 Å². The normalized spacial score (nSPS) is 10.5. The van der Waals surface area contributed by atoms with E-state index in [9.17, 15) is 0 Å². The van der Waals surface area contributed by atoms with Crippen LogP contribution in [0.5, 0.6) is 0 Å². The minimum absolute atomic E-state index is 0.826. The standard InChI is InChI=1S/C7H15Cl/c1-7(2)5-3-4-6-8/h7H,3-6H2,1-2H3. The van der Waals surface area contributed by atoms with E-state index in [4.69, 9.17) is 11.6 Å². The average Bonchev–Trinajstić information content (AvgIpc) is 1.66. The minimum Gasteiger partial charge on any atom is -0.127 e. The van der Waals surface area contributed by atoms with E-state index in [1.54, 1.807) is 0 Å². The molecule has 0 saturated heterocycles. The zero-order valence-electron chi connectivity index (χ0n) is 5.78. The van der Waals surface area contributed by atoms with Gasteiger partial charge in [0.05, 0.1) is 0 Å². The molecule has 0 aliphatic carbocycles. The summed E-state index contributed by atoms with van der Waals surface area (Å²) in [7, 11) is 0. The van der Waals surface area contributed by atoms with Gasteiger partial charge in [-0.25, -0.2) is 0 Å². The van der Waals surface area contributed by atoms with Crippen LogP contribution in [-0.2, 0) is 0 Å². The summed E-state index contributed by atoms with van der Waals surface area (Å²) >= 11 is 5.48. The molecule has 0 nitrogen and oxygen atoms in total. The molecule has 0 N–H and O–H groups in total. The fourth-order valence-corrected chi connectivity index (χ4v) is 0.836. The van der Waals surface area contributed by atoms with Crippen molar-refractivity contribution in [2.24, 2.45) is 5.92 Å². The number of unbranched alkanes of at least 4 members (excludes halogenated alkanes) is 1. The maximum atomic E-state index is 5.48. The molecule has 0 radical (unpaired) electrons. The van der Waals surface area contributed by atoms with Crippen molar-refractivity contribution in [2.75, 3.05) is 5.88 Å². The Labute approximate surface area is 57.2 Å². The number of alkyl halides is 1. The highest BCUT2D eigenvalue weighted by molar-refractivity contribution is 6.17. The van der Waals surface area contributed by atoms with Gasteiger partial charge in [-0.3, -0.25) is 0 Å². The lowest BCUT2D eigenvalue weighted by atomic mass is 10.1. The summed E-state index contributed by atoms with van der Waals surface area (Å²) in [6.45, 7) is 4.49. The Balaban J connectivity index is 2.72. The molecule has 0 aromatic carbocycles. The number of hydrogen-bond donors (Lipinski definition) is 0. The summed E-state index contributed by atoms with van der Waals surface area (Å²) in [5, 5.41) is 0. The van der Waals surface area contributed by atoms with Crippen molar-refractivity contribution in [3.8, 4) is 0 Å². The smallest absolute Gasteiger partial charge is 0.0223 e. The average molecular weight is 135 g/mol. The van der Waals surface area contributed by atoms with Gasteiger partial charge in [0.2, 0.25) is 0 Å². The second kappa shape index (κ2) is 5.43. The second-order valence-corrected chi connectivity index (χ2v) is 2.96. The number of rotatable bonds is 4. The molecule has 0 aromatic rings. The lowest BCUT2D eigenvalue weighted by molar-refractivity contribution is 0.551. The Morgan fingerprint density at radius 3 is 2.25 bits per heavy atom. The third-order valence-electron chi connectivity index (χ3n) is 1.17. The molecular formula is C7H15Cl. The predicted molar refractivity (Wildman–Crippen MR) is 39.4 cm³/mol. The number of hydrogen-bond acceptors (Lipinski definition) is 0. The SMILES string of the molecule is CC(C)CCCCCl. The molecule has 1 heteroatoms. The molecular weight excluding hydrogens is 120 g/mol. The van der Waals surface area contributed by atoms with Crippen LogP contribution in [0.15, 0.2) is 0 Å². The highest BCUT2D eigenvalue weighted by Gasteiger charge is 1.91. The Hall–Kier alpha value is 0.290. The fourth-order valence-electron chi connectivity index (χ4n) is 0.647. The van der Waals surface area contributed by atoms with Crippen LogP contribution in [0.2, 0.25) is 0 Å². The minimum atomic E-state index is 0.826. The summed E-state index contributed by atoms with van der Waals surface area (Å²) < 4.78 is 0. The first-order chi connectivity index (χ1) is 3.77. The molecule has 0 spiro atoms. The fraction of sp³-hybridized carbons (Fsp3) is 1.00. The van der Waals surface area contributed by atoms with Gasteiger partial charge >= 0.3 is 0 Å². The van der Waals surface area contributed by atoms with Gasteiger partial charge in [0.1, 0.15) is 0 Å². The van der Waals surface area contributed by atoms with Crippen molar-refractivity contribution in [3.05, 3.63) is 0 Å². The topological polar surface area (TPSA) is 0 Å². The van der Waals surface area contributed by atoms with Gasteiger partial charge in [0, 0.05) is 5.88 Å². The molecule has 0 saturated carbocycles. The van der Waals surface area contributed by atoms with E-state index in [1.807, 2.05) is 0 Å². The zero-order valence-corrected chi connectivity index (χ0v) is 6.54. The van der Waals surface area contributed by atoms with Crippen LogP contribution >= 0.6 is 11.6 Å². The molecule has 0 bridgehead atoms. The molecule has 0 heterocycles. The van der Waals surface area contributed by atoms with Crippen molar-refractivity contribution >= 4 is 11.6 Å². The largest absolute Gasteiger partial charge is 0.127 e. The van der Waals surface area contributed by atoms with Crippen LogP contribution < -0.4 is 0 Å². The molecule has 50 valence electrons. The van der Waals surface area contributed by atoms with Crippen molar-refractivity contribution < 1.29 is 0 Å². The monoisotopic (exact) mass is 134 g/mol. The molecule has 0 aliphatic rings. The molecule has 0 fully saturated rings. The summed E-state index contributed by atoms with van der Waals surface area (Å²) in [4.78, 5) is 0. The highest BCUT2D eigenvalue weighted by Crippen LogP contribution is 2.05. The van der Waals surface area contributed by atoms with E-state index < -0.39 is 0 Å². The first-order valence-corrected chi connectivity index (χ1v) is 3.86. The summed E-state index contributed by atoms with van der Waals surface area (Å²) in [5.74, 6) is 1.67. The van der Waals surface area contributed by atoms with Crippen LogP contribution in [0.25, 0.3) is 0 Å². The molecule has 8 heavy (non-hydrogen) atoms. The van der Waals surface area contributed by atoms with Gasteiger partial charge in [0.15, 0.2) is 0 Å². The summed E-state index contributed by atoms with van der Waals surface area (Å²) in [5.41, 5.74) is 0. The van der Waals surface area contributed by atoms with Crippen molar-refractivity contribution in [3.63, 3.8) is 0 Å². The molecule has 0 unspecified atom stereocenters. The molecule has 0 aliphatic heterocycles. The predicted octanol–water partition coefficient (Wildman–Crippen LogP) is 3.05. The molecule has 0 aromatic heterocycles. The van der Waals surface area contributed by atoms with Crippen LogP contribution in [0.4, 0.5) is 0 Å². The highest BCUT2D eigenvalue weighted by atomic mass is 35.5. The zero-order chi connectivity index (χ0) is 6.41. The van der Waals surface area contributed by atoms with Gasteiger partial charge in [0.25, 0.3) is 0 Å². The van der Waals surface area contributed by atoms with Crippen molar-refractivity contribution in [1.29, 1.82) is 0 Å². The van der Waals surface area contributed by atoms with Crippen LogP contribution in [-0.4, -0.2) is 5.88 Å². The Morgan fingerprint density at radius 1 is 1.25 bits per heavy atom.